The summed E-state index contributed by atoms with van der Waals surface area (Å²) >= 11 is 0. The first-order valence-electron chi connectivity index (χ1n) is 21.9. The minimum Gasteiger partial charge on any atom is -0.507 e. The number of nitrogens with one attached hydrogen (secondary N) is 1. The van der Waals surface area contributed by atoms with Crippen LogP contribution in [-0.4, -0.2) is 105 Å². The molecule has 2 aromatic heterocycles. The fourth-order valence-corrected chi connectivity index (χ4v) is 10.0. The number of nitrogens with zero attached hydrogens (tertiary/aromatic N) is 7. The zero-order valence-corrected chi connectivity index (χ0v) is 39.4. The number of aromatic nitrogens is 4. The molecule has 0 amide bonds. The maximum absolute atomic E-state index is 10.6. The van der Waals surface area contributed by atoms with Gasteiger partial charge in [0.25, 0.3) is 0 Å². The molecule has 2 saturated heterocycles. The fourth-order valence-electron chi connectivity index (χ4n) is 10.0. The maximum Gasteiger partial charge on any atom is 0.151 e. The summed E-state index contributed by atoms with van der Waals surface area (Å²) in [7, 11) is 9.68. The van der Waals surface area contributed by atoms with Gasteiger partial charge in [0.05, 0.1) is 25.6 Å². The number of aromatic hydroxyl groups is 2. The number of benzene rings is 4. The molecule has 0 radical (unpaired) electrons. The molecule has 0 unspecified atom stereocenters. The third-order valence-electron chi connectivity index (χ3n) is 13.4. The Morgan fingerprint density at radius 3 is 1.30 bits per heavy atom. The zero-order valence-electron chi connectivity index (χ0n) is 39.4. The van der Waals surface area contributed by atoms with Gasteiger partial charge in [-0.1, -0.05) is 12.1 Å². The van der Waals surface area contributed by atoms with Gasteiger partial charge in [0, 0.05) is 59.5 Å². The van der Waals surface area contributed by atoms with Gasteiger partial charge < -0.3 is 34.8 Å². The van der Waals surface area contributed by atoms with Crippen molar-refractivity contribution >= 4 is 33.2 Å². The Balaban J connectivity index is 0.000000189. The fraction of sp³-hybridized carbons (Fsp3) is 0.451. The maximum atomic E-state index is 10.6. The standard InChI is InChI=1S/C26H34N4O2.C25H32N4O2/c1-25(2)15-19(16-26(3,4)30(25)6)29(5)24-11-10-22(27-28-24)21-13-17-8-9-20(32-7)12-18(17)14-23(21)31;1-24(2)14-18(15-25(3,4)28-24)29(5)23-10-9-21(26-27-23)20-12-16-7-8-19(31-6)11-17(16)13-22(20)30/h8-14,19,31H,15-16H2,1-7H3;7-13,18,28,30H,14-15H2,1-6H3. The molecule has 2 aliphatic rings. The molecular weight excluding hydrogens is 789 g/mol. The van der Waals surface area contributed by atoms with E-state index in [9.17, 15) is 10.2 Å². The van der Waals surface area contributed by atoms with Gasteiger partial charge in [0.15, 0.2) is 11.6 Å². The number of piperidine rings is 2. The Hall–Kier alpha value is -5.72. The Morgan fingerprint density at radius 2 is 0.937 bits per heavy atom. The van der Waals surface area contributed by atoms with Crippen LogP contribution in [0.25, 0.3) is 44.1 Å². The molecule has 12 heteroatoms. The third-order valence-corrected chi connectivity index (χ3v) is 13.4. The molecule has 0 saturated carbocycles. The summed E-state index contributed by atoms with van der Waals surface area (Å²) in [6.45, 7) is 18.2. The van der Waals surface area contributed by atoms with E-state index >= 15 is 0 Å². The van der Waals surface area contributed by atoms with Crippen LogP contribution in [0, 0.1) is 0 Å². The zero-order chi connectivity index (χ0) is 45.6. The second kappa shape index (κ2) is 17.1. The van der Waals surface area contributed by atoms with Crippen LogP contribution < -0.4 is 24.6 Å². The lowest BCUT2D eigenvalue weighted by atomic mass is 9.77. The van der Waals surface area contributed by atoms with Crippen molar-refractivity contribution in [3.63, 3.8) is 0 Å². The number of anilines is 2. The molecule has 3 N–H and O–H groups in total. The number of fused-ring (bicyclic) bond motifs is 2. The number of phenolic OH excluding ortho intramolecular Hbond substituents is 2. The first-order valence-corrected chi connectivity index (χ1v) is 21.9. The van der Waals surface area contributed by atoms with Gasteiger partial charge in [-0.3, -0.25) is 4.90 Å². The smallest absolute Gasteiger partial charge is 0.151 e. The largest absolute Gasteiger partial charge is 0.507 e. The lowest BCUT2D eigenvalue weighted by Gasteiger charge is -2.55. The second-order valence-electron chi connectivity index (χ2n) is 20.1. The summed E-state index contributed by atoms with van der Waals surface area (Å²) < 4.78 is 10.6. The van der Waals surface area contributed by atoms with E-state index < -0.39 is 0 Å². The van der Waals surface area contributed by atoms with Gasteiger partial charge in [-0.05, 0) is 182 Å². The SMILES string of the molecule is COc1ccc2cc(-c3ccc(N(C)C4CC(C)(C)N(C)C(C)(C)C4)nn3)c(O)cc2c1.COc1ccc2cc(-c3ccc(N(C)C4CC(C)(C)NC(C)(C)C4)nn3)c(O)cc2c1. The summed E-state index contributed by atoms with van der Waals surface area (Å²) in [4.78, 5) is 6.96. The highest BCUT2D eigenvalue weighted by atomic mass is 16.5. The molecule has 2 fully saturated rings. The molecule has 334 valence electrons. The molecule has 4 heterocycles. The number of likely N-dealkylation sites (tertiary alicyclic amines) is 1. The summed E-state index contributed by atoms with van der Waals surface area (Å²) in [5.74, 6) is 3.57. The van der Waals surface area contributed by atoms with Crippen LogP contribution in [0.5, 0.6) is 23.0 Å². The number of rotatable bonds is 8. The van der Waals surface area contributed by atoms with Gasteiger partial charge in [-0.15, -0.1) is 20.4 Å². The molecule has 4 aromatic carbocycles. The predicted molar refractivity (Wildman–Crippen MR) is 256 cm³/mol. The molecule has 8 rings (SSSR count). The molecule has 6 aromatic rings. The van der Waals surface area contributed by atoms with Crippen molar-refractivity contribution in [2.24, 2.45) is 0 Å². The van der Waals surface area contributed by atoms with Gasteiger partial charge in [-0.2, -0.15) is 0 Å². The monoisotopic (exact) mass is 855 g/mol. The van der Waals surface area contributed by atoms with E-state index in [0.29, 0.717) is 34.6 Å². The van der Waals surface area contributed by atoms with Crippen LogP contribution in [0.15, 0.2) is 84.9 Å². The number of hydrogen-bond donors (Lipinski definition) is 3. The average Bonchev–Trinajstić information content (AvgIpc) is 3.23. The van der Waals surface area contributed by atoms with Gasteiger partial charge >= 0.3 is 0 Å². The lowest BCUT2D eigenvalue weighted by Crippen LogP contribution is -2.62. The predicted octanol–water partition coefficient (Wildman–Crippen LogP) is 9.85. The van der Waals surface area contributed by atoms with Crippen molar-refractivity contribution in [2.75, 3.05) is 45.2 Å². The molecule has 2 aliphatic heterocycles. The number of hydrogen-bond acceptors (Lipinski definition) is 12. The van der Waals surface area contributed by atoms with Crippen molar-refractivity contribution in [1.82, 2.24) is 30.6 Å². The topological polar surface area (TPSA) is 132 Å². The normalized spacial score (nSPS) is 18.4. The minimum atomic E-state index is 0.0631. The highest BCUT2D eigenvalue weighted by molar-refractivity contribution is 5.92. The van der Waals surface area contributed by atoms with Crippen LogP contribution in [0.3, 0.4) is 0 Å². The van der Waals surface area contributed by atoms with E-state index in [1.807, 2.05) is 72.8 Å². The Labute approximate surface area is 373 Å². The van der Waals surface area contributed by atoms with Crippen LogP contribution in [0.4, 0.5) is 11.6 Å². The first-order chi connectivity index (χ1) is 29.6. The molecule has 12 nitrogen and oxygen atoms in total. The van der Waals surface area contributed by atoms with E-state index in [1.165, 1.54) is 0 Å². The van der Waals surface area contributed by atoms with Crippen molar-refractivity contribution in [3.8, 4) is 45.5 Å². The van der Waals surface area contributed by atoms with Crippen LogP contribution in [-0.2, 0) is 0 Å². The molecule has 0 atom stereocenters. The van der Waals surface area contributed by atoms with Crippen molar-refractivity contribution < 1.29 is 19.7 Å². The van der Waals surface area contributed by atoms with Gasteiger partial charge in [0.1, 0.15) is 23.0 Å². The minimum absolute atomic E-state index is 0.0631. The molecule has 0 bridgehead atoms. The van der Waals surface area contributed by atoms with E-state index in [1.54, 1.807) is 26.4 Å². The van der Waals surface area contributed by atoms with Crippen LogP contribution in [0.2, 0.25) is 0 Å². The molecule has 63 heavy (non-hydrogen) atoms. The molecule has 0 aliphatic carbocycles. The summed E-state index contributed by atoms with van der Waals surface area (Å²) in [5.41, 5.74) is 2.98. The average molecular weight is 855 g/mol. The van der Waals surface area contributed by atoms with Crippen LogP contribution >= 0.6 is 0 Å². The van der Waals surface area contributed by atoms with Crippen molar-refractivity contribution in [1.29, 1.82) is 0 Å². The number of methoxy groups -OCH3 is 2. The Kier molecular flexibility index (Phi) is 12.3. The Bertz CT molecular complexity index is 2540. The highest BCUT2D eigenvalue weighted by Crippen LogP contribution is 2.41. The first kappa shape index (κ1) is 45.3. The molecular formula is C51H66N8O4. The van der Waals surface area contributed by atoms with E-state index in [0.717, 1.165) is 70.4 Å². The highest BCUT2D eigenvalue weighted by Gasteiger charge is 2.44. The van der Waals surface area contributed by atoms with E-state index in [2.05, 4.69) is 117 Å². The van der Waals surface area contributed by atoms with E-state index in [-0.39, 0.29) is 33.7 Å². The van der Waals surface area contributed by atoms with Crippen LogP contribution in [0.1, 0.15) is 81.1 Å². The summed E-state index contributed by atoms with van der Waals surface area (Å²) in [6, 6.07) is 27.6. The number of phenols is 2. The molecule has 0 spiro atoms. The van der Waals surface area contributed by atoms with Gasteiger partial charge in [0.2, 0.25) is 0 Å². The van der Waals surface area contributed by atoms with E-state index in [4.69, 9.17) is 9.47 Å². The van der Waals surface area contributed by atoms with Gasteiger partial charge in [-0.25, -0.2) is 0 Å². The Morgan fingerprint density at radius 1 is 0.540 bits per heavy atom. The van der Waals surface area contributed by atoms with Crippen molar-refractivity contribution in [2.45, 2.75) is 115 Å². The second-order valence-corrected chi connectivity index (χ2v) is 20.1. The summed E-state index contributed by atoms with van der Waals surface area (Å²) in [5, 5.41) is 46.7. The number of ether oxygens (including phenoxy) is 2. The quantitative estimate of drug-likeness (QED) is 0.135. The van der Waals surface area contributed by atoms with Crippen molar-refractivity contribution in [3.05, 3.63) is 84.9 Å². The third kappa shape index (κ3) is 9.77. The summed E-state index contributed by atoms with van der Waals surface area (Å²) in [6.07, 6.45) is 4.18. The lowest BCUT2D eigenvalue weighted by molar-refractivity contribution is -0.0120.